The molecule has 2 rings (SSSR count). The third-order valence-corrected chi connectivity index (χ3v) is 5.43. The number of ketones is 1. The minimum atomic E-state index is -0.291. The van der Waals surface area contributed by atoms with Gasteiger partial charge in [0.25, 0.3) is 0 Å². The predicted octanol–water partition coefficient (Wildman–Crippen LogP) is 3.83. The summed E-state index contributed by atoms with van der Waals surface area (Å²) < 4.78 is 6.24. The Morgan fingerprint density at radius 2 is 1.95 bits per heavy atom. The minimum absolute atomic E-state index is 0.291. The SMILES string of the molecule is COc1ccc(Br)c(CC(=O)C2(N(C)C)CCCCC2)c1. The highest BCUT2D eigenvalue weighted by Crippen LogP contribution is 2.35. The lowest BCUT2D eigenvalue weighted by Crippen LogP contribution is -2.53. The van der Waals surface area contributed by atoms with Crippen LogP contribution in [0, 0.1) is 0 Å². The number of nitrogens with zero attached hydrogens (tertiary/aromatic N) is 1. The van der Waals surface area contributed by atoms with E-state index in [0.29, 0.717) is 12.2 Å². The predicted molar refractivity (Wildman–Crippen MR) is 88.9 cm³/mol. The second-order valence-electron chi connectivity index (χ2n) is 6.04. The fourth-order valence-electron chi connectivity index (χ4n) is 3.26. The van der Waals surface area contributed by atoms with E-state index in [4.69, 9.17) is 4.74 Å². The summed E-state index contributed by atoms with van der Waals surface area (Å²) in [5.41, 5.74) is 0.715. The van der Waals surface area contributed by atoms with Crippen LogP contribution in [0.3, 0.4) is 0 Å². The Hall–Kier alpha value is -0.870. The van der Waals surface area contributed by atoms with Crippen LogP contribution in [0.2, 0.25) is 0 Å². The average Bonchev–Trinajstić information content (AvgIpc) is 2.49. The number of hydrogen-bond acceptors (Lipinski definition) is 3. The van der Waals surface area contributed by atoms with Crippen LogP contribution in [-0.2, 0) is 11.2 Å². The second-order valence-corrected chi connectivity index (χ2v) is 6.90. The van der Waals surface area contributed by atoms with Crippen molar-refractivity contribution >= 4 is 21.7 Å². The molecule has 3 nitrogen and oxygen atoms in total. The monoisotopic (exact) mass is 353 g/mol. The van der Waals surface area contributed by atoms with E-state index >= 15 is 0 Å². The van der Waals surface area contributed by atoms with Gasteiger partial charge in [0.1, 0.15) is 5.75 Å². The van der Waals surface area contributed by atoms with Crippen LogP contribution in [-0.4, -0.2) is 37.4 Å². The summed E-state index contributed by atoms with van der Waals surface area (Å²) in [7, 11) is 5.71. The Balaban J connectivity index is 2.23. The van der Waals surface area contributed by atoms with Crippen LogP contribution in [0.4, 0.5) is 0 Å². The van der Waals surface area contributed by atoms with Gasteiger partial charge >= 0.3 is 0 Å². The third kappa shape index (κ3) is 3.49. The van der Waals surface area contributed by atoms with Crippen LogP contribution in [0.5, 0.6) is 5.75 Å². The summed E-state index contributed by atoms with van der Waals surface area (Å²) in [5.74, 6) is 1.12. The number of ether oxygens (including phenoxy) is 1. The van der Waals surface area contributed by atoms with Gasteiger partial charge in [-0.1, -0.05) is 35.2 Å². The molecule has 1 aromatic rings. The first-order valence-corrected chi connectivity index (χ1v) is 8.32. The van der Waals surface area contributed by atoms with Crippen LogP contribution in [0.25, 0.3) is 0 Å². The zero-order chi connectivity index (χ0) is 15.5. The fourth-order valence-corrected chi connectivity index (χ4v) is 3.65. The van der Waals surface area contributed by atoms with Crippen molar-refractivity contribution in [2.75, 3.05) is 21.2 Å². The molecule has 0 aliphatic heterocycles. The van der Waals surface area contributed by atoms with E-state index in [1.807, 2.05) is 32.3 Å². The van der Waals surface area contributed by atoms with E-state index in [1.54, 1.807) is 7.11 Å². The molecule has 21 heavy (non-hydrogen) atoms. The molecule has 0 N–H and O–H groups in total. The minimum Gasteiger partial charge on any atom is -0.497 e. The largest absolute Gasteiger partial charge is 0.497 e. The van der Waals surface area contributed by atoms with E-state index in [9.17, 15) is 4.79 Å². The Bertz CT molecular complexity index is 508. The van der Waals surface area contributed by atoms with Crippen molar-refractivity contribution in [2.24, 2.45) is 0 Å². The second kappa shape index (κ2) is 6.93. The number of rotatable bonds is 5. The van der Waals surface area contributed by atoms with Crippen LogP contribution < -0.4 is 4.74 Å². The molecule has 0 heterocycles. The van der Waals surface area contributed by atoms with E-state index in [0.717, 1.165) is 41.5 Å². The molecule has 0 bridgehead atoms. The molecule has 0 unspecified atom stereocenters. The summed E-state index contributed by atoms with van der Waals surface area (Å²) in [6.07, 6.45) is 5.93. The quantitative estimate of drug-likeness (QED) is 0.805. The zero-order valence-electron chi connectivity index (χ0n) is 13.1. The third-order valence-electron chi connectivity index (χ3n) is 4.66. The number of methoxy groups -OCH3 is 1. The lowest BCUT2D eigenvalue weighted by Gasteiger charge is -2.41. The molecule has 1 aliphatic carbocycles. The molecule has 0 atom stereocenters. The van der Waals surface area contributed by atoms with Gasteiger partial charge in [-0.25, -0.2) is 0 Å². The molecule has 1 aliphatic rings. The first-order valence-electron chi connectivity index (χ1n) is 7.53. The van der Waals surface area contributed by atoms with Crippen LogP contribution in [0.15, 0.2) is 22.7 Å². The lowest BCUT2D eigenvalue weighted by atomic mass is 9.76. The number of likely N-dealkylation sites (N-methyl/N-ethyl adjacent to an activating group) is 1. The Labute approximate surface area is 135 Å². The summed E-state index contributed by atoms with van der Waals surface area (Å²) >= 11 is 3.55. The summed E-state index contributed by atoms with van der Waals surface area (Å²) in [6, 6.07) is 5.80. The zero-order valence-corrected chi connectivity index (χ0v) is 14.7. The van der Waals surface area contributed by atoms with E-state index in [-0.39, 0.29) is 5.54 Å². The van der Waals surface area contributed by atoms with E-state index in [2.05, 4.69) is 20.8 Å². The van der Waals surface area contributed by atoms with Gasteiger partial charge in [-0.05, 0) is 50.7 Å². The molecular formula is C17H24BrNO2. The molecule has 1 saturated carbocycles. The first-order chi connectivity index (χ1) is 9.99. The number of benzene rings is 1. The average molecular weight is 354 g/mol. The van der Waals surface area contributed by atoms with Gasteiger partial charge in [0.2, 0.25) is 0 Å². The van der Waals surface area contributed by atoms with Crippen molar-refractivity contribution in [2.45, 2.75) is 44.1 Å². The highest BCUT2D eigenvalue weighted by Gasteiger charge is 2.40. The maximum Gasteiger partial charge on any atom is 0.157 e. The highest BCUT2D eigenvalue weighted by atomic mass is 79.9. The van der Waals surface area contributed by atoms with Gasteiger partial charge in [-0.2, -0.15) is 0 Å². The van der Waals surface area contributed by atoms with Crippen molar-refractivity contribution in [1.29, 1.82) is 0 Å². The van der Waals surface area contributed by atoms with Gasteiger partial charge in [0.05, 0.1) is 12.6 Å². The molecular weight excluding hydrogens is 330 g/mol. The maximum absolute atomic E-state index is 13.0. The van der Waals surface area contributed by atoms with Gasteiger partial charge in [0, 0.05) is 10.9 Å². The van der Waals surface area contributed by atoms with E-state index < -0.39 is 0 Å². The summed E-state index contributed by atoms with van der Waals surface area (Å²) in [6.45, 7) is 0. The smallest absolute Gasteiger partial charge is 0.157 e. The Kier molecular flexibility index (Phi) is 5.44. The van der Waals surface area contributed by atoms with Crippen molar-refractivity contribution in [1.82, 2.24) is 4.90 Å². The fraction of sp³-hybridized carbons (Fsp3) is 0.588. The number of hydrogen-bond donors (Lipinski definition) is 0. The summed E-state index contributed by atoms with van der Waals surface area (Å²) in [4.78, 5) is 15.1. The van der Waals surface area contributed by atoms with Crippen molar-refractivity contribution in [3.05, 3.63) is 28.2 Å². The van der Waals surface area contributed by atoms with Crippen LogP contribution >= 0.6 is 15.9 Å². The standard InChI is InChI=1S/C17H24BrNO2/c1-19(2)17(9-5-4-6-10-17)16(20)12-13-11-14(21-3)7-8-15(13)18/h7-8,11H,4-6,9-10,12H2,1-3H3. The van der Waals surface area contributed by atoms with E-state index in [1.165, 1.54) is 6.42 Å². The van der Waals surface area contributed by atoms with Gasteiger partial charge < -0.3 is 4.74 Å². The Morgan fingerprint density at radius 1 is 1.29 bits per heavy atom. The van der Waals surface area contributed by atoms with Crippen molar-refractivity contribution in [3.8, 4) is 5.75 Å². The summed E-state index contributed by atoms with van der Waals surface area (Å²) in [5, 5.41) is 0. The molecule has 1 fully saturated rings. The molecule has 0 aromatic heterocycles. The number of Topliss-reactive ketones (excluding diaryl/α,β-unsaturated/α-hetero) is 1. The van der Waals surface area contributed by atoms with Gasteiger partial charge in [0.15, 0.2) is 5.78 Å². The lowest BCUT2D eigenvalue weighted by molar-refractivity contribution is -0.131. The molecule has 4 heteroatoms. The molecule has 0 saturated heterocycles. The van der Waals surface area contributed by atoms with Crippen LogP contribution in [0.1, 0.15) is 37.7 Å². The molecule has 0 spiro atoms. The molecule has 1 aromatic carbocycles. The first kappa shape index (κ1) is 16.5. The Morgan fingerprint density at radius 3 is 2.52 bits per heavy atom. The normalized spacial score (nSPS) is 17.8. The van der Waals surface area contributed by atoms with Crippen molar-refractivity contribution < 1.29 is 9.53 Å². The number of halogens is 1. The van der Waals surface area contributed by atoms with Gasteiger partial charge in [-0.15, -0.1) is 0 Å². The number of carbonyl (C=O) groups excluding carboxylic acids is 1. The molecule has 0 radical (unpaired) electrons. The topological polar surface area (TPSA) is 29.5 Å². The van der Waals surface area contributed by atoms with Gasteiger partial charge in [-0.3, -0.25) is 9.69 Å². The highest BCUT2D eigenvalue weighted by molar-refractivity contribution is 9.10. The molecule has 116 valence electrons. The number of carbonyl (C=O) groups is 1. The maximum atomic E-state index is 13.0. The van der Waals surface area contributed by atoms with Crippen molar-refractivity contribution in [3.63, 3.8) is 0 Å². The molecule has 0 amide bonds.